The van der Waals surface area contributed by atoms with Crippen molar-refractivity contribution in [2.75, 3.05) is 13.1 Å². The van der Waals surface area contributed by atoms with Gasteiger partial charge in [-0.3, -0.25) is 4.79 Å². The molecule has 1 amide bonds. The van der Waals surface area contributed by atoms with Crippen LogP contribution < -0.4 is 0 Å². The second-order valence-corrected chi connectivity index (χ2v) is 5.45. The molecule has 1 aliphatic rings. The lowest BCUT2D eigenvalue weighted by Crippen LogP contribution is -2.40. The van der Waals surface area contributed by atoms with Gasteiger partial charge in [-0.05, 0) is 43.4 Å². The van der Waals surface area contributed by atoms with E-state index in [4.69, 9.17) is 27.6 Å². The van der Waals surface area contributed by atoms with Crippen molar-refractivity contribution in [3.63, 3.8) is 0 Å². The molecule has 17 heavy (non-hydrogen) atoms. The molecule has 0 bridgehead atoms. The highest BCUT2D eigenvalue weighted by molar-refractivity contribution is 6.32. The van der Waals surface area contributed by atoms with Gasteiger partial charge in [0, 0.05) is 18.5 Å². The van der Waals surface area contributed by atoms with Crippen LogP contribution in [0.2, 0.25) is 5.22 Å². The number of likely N-dealkylation sites (tertiary alicyclic amines) is 1. The SMILES string of the molecule is CC(Cl)C1CCN(C(=O)c2ccoc2Cl)CC1. The molecule has 0 N–H and O–H groups in total. The maximum Gasteiger partial charge on any atom is 0.258 e. The molecule has 0 radical (unpaired) electrons. The van der Waals surface area contributed by atoms with Gasteiger partial charge in [0.05, 0.1) is 11.8 Å². The summed E-state index contributed by atoms with van der Waals surface area (Å²) in [5.74, 6) is 0.449. The van der Waals surface area contributed by atoms with Gasteiger partial charge in [0.15, 0.2) is 0 Å². The topological polar surface area (TPSA) is 33.5 Å². The minimum atomic E-state index is -0.0515. The first-order valence-corrected chi connectivity index (χ1v) is 6.57. The quantitative estimate of drug-likeness (QED) is 0.775. The van der Waals surface area contributed by atoms with Crippen LogP contribution in [-0.2, 0) is 0 Å². The van der Waals surface area contributed by atoms with Gasteiger partial charge >= 0.3 is 0 Å². The second-order valence-electron chi connectivity index (χ2n) is 4.42. The van der Waals surface area contributed by atoms with Crippen LogP contribution in [-0.4, -0.2) is 29.3 Å². The summed E-state index contributed by atoms with van der Waals surface area (Å²) in [5.41, 5.74) is 0.448. The number of hydrogen-bond donors (Lipinski definition) is 0. The van der Waals surface area contributed by atoms with Gasteiger partial charge in [-0.2, -0.15) is 0 Å². The van der Waals surface area contributed by atoms with E-state index in [1.807, 2.05) is 11.8 Å². The van der Waals surface area contributed by atoms with Crippen molar-refractivity contribution in [3.8, 4) is 0 Å². The monoisotopic (exact) mass is 275 g/mol. The normalized spacial score (nSPS) is 19.4. The van der Waals surface area contributed by atoms with Crippen molar-refractivity contribution in [1.29, 1.82) is 0 Å². The number of nitrogens with zero attached hydrogens (tertiary/aromatic N) is 1. The third kappa shape index (κ3) is 2.78. The number of hydrogen-bond acceptors (Lipinski definition) is 2. The molecule has 3 nitrogen and oxygen atoms in total. The molecule has 1 unspecified atom stereocenters. The third-order valence-electron chi connectivity index (χ3n) is 3.32. The van der Waals surface area contributed by atoms with Crippen LogP contribution in [0.4, 0.5) is 0 Å². The molecule has 5 heteroatoms. The first kappa shape index (κ1) is 12.8. The molecule has 0 aliphatic carbocycles. The zero-order valence-electron chi connectivity index (χ0n) is 9.66. The Morgan fingerprint density at radius 1 is 1.53 bits per heavy atom. The van der Waals surface area contributed by atoms with Crippen LogP contribution in [0.3, 0.4) is 0 Å². The Hall–Kier alpha value is -0.670. The standard InChI is InChI=1S/C12H15Cl2NO2/c1-8(13)9-2-5-15(6-3-9)12(16)10-4-7-17-11(10)14/h4,7-9H,2-3,5-6H2,1H3. The van der Waals surface area contributed by atoms with E-state index >= 15 is 0 Å². The minimum Gasteiger partial charge on any atom is -0.452 e. The zero-order valence-corrected chi connectivity index (χ0v) is 11.2. The average molecular weight is 276 g/mol. The molecule has 0 aromatic carbocycles. The van der Waals surface area contributed by atoms with Gasteiger partial charge in [0.1, 0.15) is 0 Å². The van der Waals surface area contributed by atoms with Crippen molar-refractivity contribution in [3.05, 3.63) is 23.1 Å². The maximum absolute atomic E-state index is 12.1. The number of piperidine rings is 1. The Kier molecular flexibility index (Phi) is 4.00. The smallest absolute Gasteiger partial charge is 0.258 e. The predicted octanol–water partition coefficient (Wildman–Crippen LogP) is 3.41. The lowest BCUT2D eigenvalue weighted by atomic mass is 9.94. The van der Waals surface area contributed by atoms with Gasteiger partial charge in [0.2, 0.25) is 5.22 Å². The molecule has 1 fully saturated rings. The fourth-order valence-corrected chi connectivity index (χ4v) is 2.63. The molecule has 1 aliphatic heterocycles. The first-order chi connectivity index (χ1) is 8.09. The molecule has 1 saturated heterocycles. The van der Waals surface area contributed by atoms with E-state index in [0.717, 1.165) is 25.9 Å². The molecule has 0 spiro atoms. The van der Waals surface area contributed by atoms with Gasteiger partial charge < -0.3 is 9.32 Å². The van der Waals surface area contributed by atoms with Crippen molar-refractivity contribution in [2.45, 2.75) is 25.1 Å². The van der Waals surface area contributed by atoms with Gasteiger partial charge in [-0.15, -0.1) is 11.6 Å². The molecule has 0 saturated carbocycles. The molecule has 1 aromatic heterocycles. The zero-order chi connectivity index (χ0) is 12.4. The molecule has 2 heterocycles. The fourth-order valence-electron chi connectivity index (χ4n) is 2.18. The van der Waals surface area contributed by atoms with Crippen LogP contribution in [0.5, 0.6) is 0 Å². The van der Waals surface area contributed by atoms with E-state index in [9.17, 15) is 4.79 Å². The lowest BCUT2D eigenvalue weighted by molar-refractivity contribution is 0.0689. The highest BCUT2D eigenvalue weighted by Gasteiger charge is 2.27. The van der Waals surface area contributed by atoms with Crippen LogP contribution in [0.15, 0.2) is 16.7 Å². The van der Waals surface area contributed by atoms with Gasteiger partial charge in [-0.25, -0.2) is 0 Å². The van der Waals surface area contributed by atoms with E-state index in [1.54, 1.807) is 6.07 Å². The number of rotatable bonds is 2. The Balaban J connectivity index is 1.98. The van der Waals surface area contributed by atoms with Gasteiger partial charge in [0.25, 0.3) is 5.91 Å². The number of furan rings is 1. The summed E-state index contributed by atoms with van der Waals surface area (Å²) in [6.07, 6.45) is 3.33. The molecule has 1 atom stereocenters. The molecule has 94 valence electrons. The Bertz CT molecular complexity index is 395. The number of amides is 1. The molecular weight excluding hydrogens is 261 g/mol. The van der Waals surface area contributed by atoms with E-state index in [-0.39, 0.29) is 16.5 Å². The average Bonchev–Trinajstić information content (AvgIpc) is 2.74. The summed E-state index contributed by atoms with van der Waals surface area (Å²) in [4.78, 5) is 13.9. The lowest BCUT2D eigenvalue weighted by Gasteiger charge is -2.32. The summed E-state index contributed by atoms with van der Waals surface area (Å²) in [6.45, 7) is 3.49. The summed E-state index contributed by atoms with van der Waals surface area (Å²) in [6, 6.07) is 1.61. The fraction of sp³-hybridized carbons (Fsp3) is 0.583. The maximum atomic E-state index is 12.1. The highest BCUT2D eigenvalue weighted by Crippen LogP contribution is 2.26. The summed E-state index contributed by atoms with van der Waals surface area (Å²) < 4.78 is 4.93. The van der Waals surface area contributed by atoms with Crippen molar-refractivity contribution >= 4 is 29.1 Å². The van der Waals surface area contributed by atoms with Crippen LogP contribution in [0.1, 0.15) is 30.1 Å². The largest absolute Gasteiger partial charge is 0.452 e. The van der Waals surface area contributed by atoms with Gasteiger partial charge in [-0.1, -0.05) is 0 Å². The molecule has 2 rings (SSSR count). The number of carbonyl (C=O) groups is 1. The summed E-state index contributed by atoms with van der Waals surface area (Å²) >= 11 is 11.9. The highest BCUT2D eigenvalue weighted by atomic mass is 35.5. The number of carbonyl (C=O) groups excluding carboxylic acids is 1. The Morgan fingerprint density at radius 2 is 2.18 bits per heavy atom. The van der Waals surface area contributed by atoms with E-state index in [0.29, 0.717) is 11.5 Å². The third-order valence-corrected chi connectivity index (χ3v) is 3.97. The number of halogens is 2. The Labute approximate surface area is 111 Å². The Morgan fingerprint density at radius 3 is 2.65 bits per heavy atom. The van der Waals surface area contributed by atoms with Crippen LogP contribution in [0.25, 0.3) is 0 Å². The summed E-state index contributed by atoms with van der Waals surface area (Å²) in [7, 11) is 0. The minimum absolute atomic E-state index is 0.0515. The van der Waals surface area contributed by atoms with E-state index < -0.39 is 0 Å². The van der Waals surface area contributed by atoms with Crippen molar-refractivity contribution in [1.82, 2.24) is 4.90 Å². The predicted molar refractivity (Wildman–Crippen MR) is 67.7 cm³/mol. The molecule has 1 aromatic rings. The molecular formula is C12H15Cl2NO2. The first-order valence-electron chi connectivity index (χ1n) is 5.76. The van der Waals surface area contributed by atoms with Crippen LogP contribution in [0, 0.1) is 5.92 Å². The van der Waals surface area contributed by atoms with Crippen molar-refractivity contribution < 1.29 is 9.21 Å². The van der Waals surface area contributed by atoms with E-state index in [1.165, 1.54) is 6.26 Å². The second kappa shape index (κ2) is 5.32. The van der Waals surface area contributed by atoms with Crippen LogP contribution >= 0.6 is 23.2 Å². The summed E-state index contributed by atoms with van der Waals surface area (Å²) in [5, 5.41) is 0.340. The van der Waals surface area contributed by atoms with E-state index in [2.05, 4.69) is 0 Å². The van der Waals surface area contributed by atoms with Crippen molar-refractivity contribution in [2.24, 2.45) is 5.92 Å². The number of alkyl halides is 1.